The molecule has 0 saturated heterocycles. The number of rotatable bonds is 7. The van der Waals surface area contributed by atoms with E-state index in [-0.39, 0.29) is 11.9 Å². The Balaban J connectivity index is 2.16. The summed E-state index contributed by atoms with van der Waals surface area (Å²) in [4.78, 5) is 24.3. The van der Waals surface area contributed by atoms with Gasteiger partial charge in [-0.05, 0) is 25.4 Å². The SMILES string of the molecule is CCOC(=O)c1sc2ccsc2c1CNC(=O)CCNC. The van der Waals surface area contributed by atoms with Crippen molar-refractivity contribution in [1.82, 2.24) is 10.6 Å². The largest absolute Gasteiger partial charge is 0.462 e. The first-order valence-electron chi connectivity index (χ1n) is 6.74. The third-order valence-corrected chi connectivity index (χ3v) is 5.20. The minimum Gasteiger partial charge on any atom is -0.462 e. The molecule has 2 rings (SSSR count). The van der Waals surface area contributed by atoms with Gasteiger partial charge in [-0.2, -0.15) is 0 Å². The molecule has 0 bridgehead atoms. The average molecular weight is 326 g/mol. The molecule has 2 aromatic heterocycles. The van der Waals surface area contributed by atoms with Crippen LogP contribution in [0.25, 0.3) is 9.40 Å². The molecule has 0 aromatic carbocycles. The first kappa shape index (κ1) is 15.9. The summed E-state index contributed by atoms with van der Waals surface area (Å²) in [7, 11) is 1.81. The molecule has 2 aromatic rings. The van der Waals surface area contributed by atoms with E-state index in [4.69, 9.17) is 4.74 Å². The summed E-state index contributed by atoms with van der Waals surface area (Å²) < 4.78 is 7.20. The molecule has 1 amide bonds. The van der Waals surface area contributed by atoms with Crippen LogP contribution < -0.4 is 10.6 Å². The van der Waals surface area contributed by atoms with E-state index in [1.807, 2.05) is 11.4 Å². The molecular formula is C14H18N2O3S2. The zero-order valence-corrected chi connectivity index (χ0v) is 13.7. The minimum absolute atomic E-state index is 0.0323. The molecule has 0 aliphatic carbocycles. The van der Waals surface area contributed by atoms with Gasteiger partial charge in [-0.1, -0.05) is 0 Å². The molecule has 2 N–H and O–H groups in total. The van der Waals surface area contributed by atoms with Crippen LogP contribution in [0.4, 0.5) is 0 Å². The van der Waals surface area contributed by atoms with E-state index in [1.54, 1.807) is 25.3 Å². The van der Waals surface area contributed by atoms with Crippen molar-refractivity contribution in [2.75, 3.05) is 20.2 Å². The van der Waals surface area contributed by atoms with Gasteiger partial charge in [-0.3, -0.25) is 4.79 Å². The predicted octanol–water partition coefficient (Wildman–Crippen LogP) is 2.37. The smallest absolute Gasteiger partial charge is 0.348 e. The quantitative estimate of drug-likeness (QED) is 0.767. The van der Waals surface area contributed by atoms with Crippen molar-refractivity contribution in [1.29, 1.82) is 0 Å². The monoisotopic (exact) mass is 326 g/mol. The molecule has 0 radical (unpaired) electrons. The number of hydrogen-bond acceptors (Lipinski definition) is 6. The van der Waals surface area contributed by atoms with Crippen LogP contribution in [0.5, 0.6) is 0 Å². The van der Waals surface area contributed by atoms with Crippen LogP contribution in [0.2, 0.25) is 0 Å². The van der Waals surface area contributed by atoms with Gasteiger partial charge >= 0.3 is 5.97 Å². The zero-order chi connectivity index (χ0) is 15.2. The third-order valence-electron chi connectivity index (χ3n) is 2.91. The Kier molecular flexibility index (Phi) is 5.72. The van der Waals surface area contributed by atoms with E-state index >= 15 is 0 Å². The number of ether oxygens (including phenoxy) is 1. The third kappa shape index (κ3) is 3.81. The molecule has 7 heteroatoms. The topological polar surface area (TPSA) is 67.4 Å². The number of nitrogens with one attached hydrogen (secondary N) is 2. The van der Waals surface area contributed by atoms with Crippen LogP contribution in [-0.4, -0.2) is 32.1 Å². The lowest BCUT2D eigenvalue weighted by Gasteiger charge is -2.06. The predicted molar refractivity (Wildman–Crippen MR) is 86.0 cm³/mol. The highest BCUT2D eigenvalue weighted by atomic mass is 32.1. The maximum Gasteiger partial charge on any atom is 0.348 e. The van der Waals surface area contributed by atoms with Gasteiger partial charge in [0.1, 0.15) is 4.88 Å². The Bertz CT molecular complexity index is 633. The maximum absolute atomic E-state index is 12.0. The molecule has 0 fully saturated rings. The van der Waals surface area contributed by atoms with E-state index in [1.165, 1.54) is 11.3 Å². The second-order valence-corrected chi connectivity index (χ2v) is 6.34. The fourth-order valence-corrected chi connectivity index (χ4v) is 4.18. The Morgan fingerprint density at radius 3 is 2.90 bits per heavy atom. The summed E-state index contributed by atoms with van der Waals surface area (Å²) in [6.45, 7) is 3.12. The fourth-order valence-electron chi connectivity index (χ4n) is 1.91. The van der Waals surface area contributed by atoms with E-state index in [9.17, 15) is 9.59 Å². The Morgan fingerprint density at radius 2 is 2.19 bits per heavy atom. The summed E-state index contributed by atoms with van der Waals surface area (Å²) in [5, 5.41) is 7.79. The summed E-state index contributed by atoms with van der Waals surface area (Å²) in [6.07, 6.45) is 0.420. The van der Waals surface area contributed by atoms with Gasteiger partial charge in [0.15, 0.2) is 0 Å². The van der Waals surface area contributed by atoms with E-state index in [0.29, 0.717) is 31.0 Å². The number of amides is 1. The number of hydrogen-bond donors (Lipinski definition) is 2. The first-order valence-corrected chi connectivity index (χ1v) is 8.44. The molecular weight excluding hydrogens is 308 g/mol. The average Bonchev–Trinajstić information content (AvgIpc) is 3.04. The van der Waals surface area contributed by atoms with Crippen LogP contribution in [0.15, 0.2) is 11.4 Å². The van der Waals surface area contributed by atoms with Crippen molar-refractivity contribution in [3.05, 3.63) is 21.9 Å². The number of esters is 1. The highest BCUT2D eigenvalue weighted by molar-refractivity contribution is 7.28. The Hall–Kier alpha value is -1.44. The van der Waals surface area contributed by atoms with Crippen molar-refractivity contribution >= 4 is 43.9 Å². The van der Waals surface area contributed by atoms with Gasteiger partial charge in [0.25, 0.3) is 0 Å². The van der Waals surface area contributed by atoms with Crippen LogP contribution >= 0.6 is 22.7 Å². The van der Waals surface area contributed by atoms with Crippen LogP contribution in [0.1, 0.15) is 28.6 Å². The van der Waals surface area contributed by atoms with Gasteiger partial charge in [0.05, 0.1) is 11.3 Å². The minimum atomic E-state index is -0.314. The number of fused-ring (bicyclic) bond motifs is 1. The lowest BCUT2D eigenvalue weighted by Crippen LogP contribution is -2.26. The first-order chi connectivity index (χ1) is 10.2. The van der Waals surface area contributed by atoms with Crippen molar-refractivity contribution in [3.8, 4) is 0 Å². The molecule has 0 unspecified atom stereocenters. The second-order valence-electron chi connectivity index (χ2n) is 4.37. The highest BCUT2D eigenvalue weighted by Gasteiger charge is 2.20. The molecule has 0 spiro atoms. The normalized spacial score (nSPS) is 10.8. The number of thiophene rings is 2. The Labute approximate surface area is 131 Å². The van der Waals surface area contributed by atoms with Crippen molar-refractivity contribution in [2.45, 2.75) is 19.9 Å². The fraction of sp³-hybridized carbons (Fsp3) is 0.429. The van der Waals surface area contributed by atoms with Crippen molar-refractivity contribution in [2.24, 2.45) is 0 Å². The maximum atomic E-state index is 12.0. The van der Waals surface area contributed by atoms with E-state index < -0.39 is 0 Å². The Morgan fingerprint density at radius 1 is 1.38 bits per heavy atom. The molecule has 0 atom stereocenters. The van der Waals surface area contributed by atoms with Crippen LogP contribution in [0, 0.1) is 0 Å². The van der Waals surface area contributed by atoms with E-state index in [0.717, 1.165) is 15.0 Å². The van der Waals surface area contributed by atoms with Crippen molar-refractivity contribution < 1.29 is 14.3 Å². The molecule has 2 heterocycles. The zero-order valence-electron chi connectivity index (χ0n) is 12.0. The van der Waals surface area contributed by atoms with E-state index in [2.05, 4.69) is 10.6 Å². The summed E-state index contributed by atoms with van der Waals surface area (Å²) in [6, 6.07) is 1.99. The standard InChI is InChI=1S/C14H18N2O3S2/c1-3-19-14(18)13-9(8-16-11(17)4-6-15-2)12-10(21-13)5-7-20-12/h5,7,15H,3-4,6,8H2,1-2H3,(H,16,17). The van der Waals surface area contributed by atoms with Gasteiger partial charge < -0.3 is 15.4 Å². The highest BCUT2D eigenvalue weighted by Crippen LogP contribution is 2.35. The van der Waals surface area contributed by atoms with Crippen LogP contribution in [-0.2, 0) is 16.1 Å². The van der Waals surface area contributed by atoms with Gasteiger partial charge in [-0.25, -0.2) is 4.79 Å². The van der Waals surface area contributed by atoms with Crippen LogP contribution in [0.3, 0.4) is 0 Å². The summed E-state index contributed by atoms with van der Waals surface area (Å²) in [5.74, 6) is -0.347. The summed E-state index contributed by atoms with van der Waals surface area (Å²) in [5.41, 5.74) is 0.862. The number of carbonyl (C=O) groups is 2. The number of carbonyl (C=O) groups excluding carboxylic acids is 2. The second kappa shape index (κ2) is 7.53. The summed E-state index contributed by atoms with van der Waals surface area (Å²) >= 11 is 3.00. The van der Waals surface area contributed by atoms with Crippen molar-refractivity contribution in [3.63, 3.8) is 0 Å². The van der Waals surface area contributed by atoms with Gasteiger partial charge in [0, 0.05) is 29.8 Å². The lowest BCUT2D eigenvalue weighted by atomic mass is 10.2. The molecule has 0 saturated carbocycles. The molecule has 114 valence electrons. The molecule has 0 aliphatic heterocycles. The molecule has 5 nitrogen and oxygen atoms in total. The molecule has 0 aliphatic rings. The van der Waals surface area contributed by atoms with Gasteiger partial charge in [0.2, 0.25) is 5.91 Å². The lowest BCUT2D eigenvalue weighted by molar-refractivity contribution is -0.121. The van der Waals surface area contributed by atoms with Gasteiger partial charge in [-0.15, -0.1) is 22.7 Å². The molecule has 21 heavy (non-hydrogen) atoms.